The molecule has 0 N–H and O–H groups in total. The van der Waals surface area contributed by atoms with Gasteiger partial charge < -0.3 is 9.47 Å². The molecule has 2 unspecified atom stereocenters. The highest BCUT2D eigenvalue weighted by Crippen LogP contribution is 2.37. The molecule has 0 amide bonds. The van der Waals surface area contributed by atoms with Crippen LogP contribution in [0.1, 0.15) is 62.3 Å². The van der Waals surface area contributed by atoms with E-state index in [1.807, 2.05) is 6.07 Å². The predicted molar refractivity (Wildman–Crippen MR) is 103 cm³/mol. The van der Waals surface area contributed by atoms with Gasteiger partial charge in [-0.05, 0) is 53.9 Å². The quantitative estimate of drug-likeness (QED) is 0.677. The fourth-order valence-corrected chi connectivity index (χ4v) is 3.88. The Balaban J connectivity index is 0.000000146. The number of rotatable bonds is 2. The molecule has 4 rings (SSSR count). The van der Waals surface area contributed by atoms with Crippen LogP contribution >= 0.6 is 0 Å². The summed E-state index contributed by atoms with van der Waals surface area (Å²) in [5, 5.41) is 0. The lowest BCUT2D eigenvalue weighted by Crippen LogP contribution is -2.17. The van der Waals surface area contributed by atoms with E-state index in [1.54, 1.807) is 0 Å². The van der Waals surface area contributed by atoms with Crippen LogP contribution < -0.4 is 4.74 Å². The summed E-state index contributed by atoms with van der Waals surface area (Å²) >= 11 is 0. The van der Waals surface area contributed by atoms with Gasteiger partial charge in [-0.15, -0.1) is 0 Å². The van der Waals surface area contributed by atoms with E-state index in [1.165, 1.54) is 16.7 Å². The Morgan fingerprint density at radius 3 is 2.44 bits per heavy atom. The molecule has 2 aromatic rings. The first-order valence-corrected chi connectivity index (χ1v) is 9.61. The van der Waals surface area contributed by atoms with Crippen LogP contribution in [-0.4, -0.2) is 13.2 Å². The van der Waals surface area contributed by atoms with Crippen LogP contribution in [0.2, 0.25) is 0 Å². The second-order valence-electron chi connectivity index (χ2n) is 7.24. The summed E-state index contributed by atoms with van der Waals surface area (Å²) in [7, 11) is 0. The Labute approximate surface area is 152 Å². The summed E-state index contributed by atoms with van der Waals surface area (Å²) in [6.07, 6.45) is 3.66. The zero-order valence-electron chi connectivity index (χ0n) is 15.7. The van der Waals surface area contributed by atoms with E-state index >= 15 is 0 Å². The van der Waals surface area contributed by atoms with Crippen molar-refractivity contribution in [3.63, 3.8) is 0 Å². The normalized spacial score (nSPS) is 21.4. The number of hydrogen-bond donors (Lipinski definition) is 0. The molecule has 2 heterocycles. The molecule has 2 aliphatic rings. The highest BCUT2D eigenvalue weighted by molar-refractivity contribution is 5.38. The van der Waals surface area contributed by atoms with Gasteiger partial charge in [0, 0.05) is 0 Å². The molecule has 0 aromatic heterocycles. The monoisotopic (exact) mass is 338 g/mol. The van der Waals surface area contributed by atoms with Crippen molar-refractivity contribution in [3.8, 4) is 5.75 Å². The van der Waals surface area contributed by atoms with Crippen molar-refractivity contribution in [2.45, 2.75) is 52.1 Å². The largest absolute Gasteiger partial charge is 0.493 e. The lowest BCUT2D eigenvalue weighted by molar-refractivity contribution is 0.0399. The van der Waals surface area contributed by atoms with Gasteiger partial charge in [0.25, 0.3) is 0 Å². The van der Waals surface area contributed by atoms with Crippen molar-refractivity contribution in [3.05, 3.63) is 65.2 Å². The second-order valence-corrected chi connectivity index (χ2v) is 7.24. The minimum absolute atomic E-state index is 0.343. The van der Waals surface area contributed by atoms with Crippen LogP contribution in [0, 0.1) is 5.92 Å². The Bertz CT molecular complexity index is 677. The highest BCUT2D eigenvalue weighted by Gasteiger charge is 2.23. The zero-order valence-corrected chi connectivity index (χ0v) is 15.7. The van der Waals surface area contributed by atoms with E-state index in [-0.39, 0.29) is 0 Å². The molecule has 0 saturated heterocycles. The molecule has 2 heteroatoms. The van der Waals surface area contributed by atoms with Gasteiger partial charge in [0.1, 0.15) is 5.75 Å². The van der Waals surface area contributed by atoms with Gasteiger partial charge in [0.15, 0.2) is 0 Å². The van der Waals surface area contributed by atoms with Crippen LogP contribution in [0.15, 0.2) is 48.5 Å². The van der Waals surface area contributed by atoms with Crippen molar-refractivity contribution in [2.24, 2.45) is 5.92 Å². The highest BCUT2D eigenvalue weighted by atomic mass is 16.5. The minimum Gasteiger partial charge on any atom is -0.493 e. The maximum Gasteiger partial charge on any atom is 0.122 e. The first-order chi connectivity index (χ1) is 12.2. The lowest BCUT2D eigenvalue weighted by Gasteiger charge is -2.28. The number of fused-ring (bicyclic) bond motifs is 2. The molecule has 2 aliphatic heterocycles. The van der Waals surface area contributed by atoms with Crippen molar-refractivity contribution >= 4 is 0 Å². The average Bonchev–Trinajstić information content (AvgIpc) is 2.67. The number of ether oxygens (including phenoxy) is 2. The fraction of sp³-hybridized carbons (Fsp3) is 0.478. The van der Waals surface area contributed by atoms with Crippen molar-refractivity contribution in [2.75, 3.05) is 13.2 Å². The van der Waals surface area contributed by atoms with Crippen LogP contribution in [-0.2, 0) is 11.2 Å². The smallest absolute Gasteiger partial charge is 0.122 e. The van der Waals surface area contributed by atoms with Crippen molar-refractivity contribution in [1.82, 2.24) is 0 Å². The topological polar surface area (TPSA) is 18.5 Å². The van der Waals surface area contributed by atoms with Crippen LogP contribution in [0.4, 0.5) is 0 Å². The predicted octanol–water partition coefficient (Wildman–Crippen LogP) is 5.92. The van der Waals surface area contributed by atoms with E-state index in [0.29, 0.717) is 17.9 Å². The summed E-state index contributed by atoms with van der Waals surface area (Å²) in [6.45, 7) is 8.50. The maximum atomic E-state index is 5.65. The molecule has 0 spiro atoms. The molecule has 0 saturated carbocycles. The maximum absolute atomic E-state index is 5.65. The van der Waals surface area contributed by atoms with Gasteiger partial charge in [0.2, 0.25) is 0 Å². The summed E-state index contributed by atoms with van der Waals surface area (Å²) in [5.41, 5.74) is 4.26. The first kappa shape index (κ1) is 18.0. The summed E-state index contributed by atoms with van der Waals surface area (Å²) < 4.78 is 11.3. The Morgan fingerprint density at radius 1 is 0.960 bits per heavy atom. The second kappa shape index (κ2) is 8.53. The average molecular weight is 338 g/mol. The zero-order chi connectivity index (χ0) is 17.6. The van der Waals surface area contributed by atoms with Crippen LogP contribution in [0.25, 0.3) is 0 Å². The minimum atomic E-state index is 0.343. The van der Waals surface area contributed by atoms with Crippen molar-refractivity contribution < 1.29 is 9.47 Å². The standard InChI is InChI=1S/C12H16O.C11H14O/c1-9(2)10-7-8-13-12-6-4-3-5-11(10)12;1-2-11-10-6-4-3-5-9(10)7-8-12-11/h3-6,9-10H,7-8H2,1-2H3;3-6,11H,2,7-8H2,1H3. The van der Waals surface area contributed by atoms with Gasteiger partial charge >= 0.3 is 0 Å². The van der Waals surface area contributed by atoms with E-state index in [4.69, 9.17) is 9.47 Å². The lowest BCUT2D eigenvalue weighted by atomic mass is 9.84. The molecular weight excluding hydrogens is 308 g/mol. The van der Waals surface area contributed by atoms with Gasteiger partial charge in [-0.2, -0.15) is 0 Å². The molecule has 2 nitrogen and oxygen atoms in total. The van der Waals surface area contributed by atoms with Gasteiger partial charge in [-0.3, -0.25) is 0 Å². The van der Waals surface area contributed by atoms with Crippen LogP contribution in [0.5, 0.6) is 5.75 Å². The SMILES string of the molecule is CC(C)C1CCOc2ccccc21.CCC1OCCc2ccccc21. The number of benzene rings is 2. The van der Waals surface area contributed by atoms with E-state index in [9.17, 15) is 0 Å². The summed E-state index contributed by atoms with van der Waals surface area (Å²) in [6, 6.07) is 17.0. The number of hydrogen-bond acceptors (Lipinski definition) is 2. The molecule has 0 aliphatic carbocycles. The third-order valence-electron chi connectivity index (χ3n) is 5.27. The molecule has 134 valence electrons. The van der Waals surface area contributed by atoms with Gasteiger partial charge in [0.05, 0.1) is 19.3 Å². The summed E-state index contributed by atoms with van der Waals surface area (Å²) in [5.74, 6) is 2.49. The van der Waals surface area contributed by atoms with Crippen LogP contribution in [0.3, 0.4) is 0 Å². The number of para-hydroxylation sites is 1. The third kappa shape index (κ3) is 4.24. The van der Waals surface area contributed by atoms with E-state index < -0.39 is 0 Å². The molecule has 2 atom stereocenters. The molecule has 2 aromatic carbocycles. The molecule has 0 bridgehead atoms. The van der Waals surface area contributed by atoms with E-state index in [0.717, 1.165) is 38.2 Å². The summed E-state index contributed by atoms with van der Waals surface area (Å²) in [4.78, 5) is 0. The van der Waals surface area contributed by atoms with Gasteiger partial charge in [-0.1, -0.05) is 63.2 Å². The molecule has 0 radical (unpaired) electrons. The first-order valence-electron chi connectivity index (χ1n) is 9.61. The molecule has 25 heavy (non-hydrogen) atoms. The van der Waals surface area contributed by atoms with E-state index in [2.05, 4.69) is 63.2 Å². The Kier molecular flexibility index (Phi) is 6.14. The third-order valence-corrected chi connectivity index (χ3v) is 5.27. The molecular formula is C23H30O2. The van der Waals surface area contributed by atoms with Crippen molar-refractivity contribution in [1.29, 1.82) is 0 Å². The fourth-order valence-electron chi connectivity index (χ4n) is 3.88. The van der Waals surface area contributed by atoms with Gasteiger partial charge in [-0.25, -0.2) is 0 Å². The molecule has 0 fully saturated rings. The Morgan fingerprint density at radius 2 is 1.68 bits per heavy atom. The Hall–Kier alpha value is -1.80.